The van der Waals surface area contributed by atoms with E-state index in [9.17, 15) is 0 Å². The first-order chi connectivity index (χ1) is 5.74. The molecule has 1 atom stereocenters. The van der Waals surface area contributed by atoms with Crippen LogP contribution in [0.25, 0.3) is 0 Å². The third-order valence-corrected chi connectivity index (χ3v) is 2.10. The Balaban J connectivity index is 2.76. The summed E-state index contributed by atoms with van der Waals surface area (Å²) in [5.41, 5.74) is 1.000. The van der Waals surface area contributed by atoms with E-state index in [0.29, 0.717) is 0 Å². The van der Waals surface area contributed by atoms with E-state index in [4.69, 9.17) is 10.00 Å². The van der Waals surface area contributed by atoms with Gasteiger partial charge in [0, 0.05) is 4.47 Å². The van der Waals surface area contributed by atoms with Crippen LogP contribution in [0.4, 0.5) is 0 Å². The van der Waals surface area contributed by atoms with Crippen molar-refractivity contribution in [3.63, 3.8) is 0 Å². The van der Waals surface area contributed by atoms with Gasteiger partial charge in [-0.3, -0.25) is 0 Å². The highest BCUT2D eigenvalue weighted by Crippen LogP contribution is 2.18. The first kappa shape index (κ1) is 9.08. The summed E-state index contributed by atoms with van der Waals surface area (Å²) in [7, 11) is 0. The molecule has 2 nitrogen and oxygen atoms in total. The largest absolute Gasteiger partial charge is 0.420 e. The zero-order valence-electron chi connectivity index (χ0n) is 6.62. The number of ether oxygens (including phenoxy) is 1. The van der Waals surface area contributed by atoms with E-state index < -0.39 is 0 Å². The van der Waals surface area contributed by atoms with Gasteiger partial charge in [-0.25, -0.2) is 0 Å². The van der Waals surface area contributed by atoms with E-state index in [2.05, 4.69) is 15.9 Å². The van der Waals surface area contributed by atoms with Crippen LogP contribution in [0, 0.1) is 11.5 Å². The molecule has 62 valence electrons. The molecule has 0 bridgehead atoms. The van der Waals surface area contributed by atoms with Crippen LogP contribution < -0.4 is 0 Å². The van der Waals surface area contributed by atoms with E-state index in [1.165, 1.54) is 0 Å². The number of halogens is 1. The number of rotatable bonds is 2. The molecular formula is C9H8BrNO. The zero-order chi connectivity index (χ0) is 8.97. The highest BCUT2D eigenvalue weighted by atomic mass is 79.9. The average molecular weight is 226 g/mol. The van der Waals surface area contributed by atoms with Crippen molar-refractivity contribution in [1.82, 2.24) is 0 Å². The van der Waals surface area contributed by atoms with Crippen molar-refractivity contribution in [2.24, 2.45) is 0 Å². The minimum absolute atomic E-state index is 0.164. The summed E-state index contributed by atoms with van der Waals surface area (Å²) in [4.78, 5) is 0. The van der Waals surface area contributed by atoms with Crippen LogP contribution in [0.1, 0.15) is 18.6 Å². The molecule has 1 unspecified atom stereocenters. The van der Waals surface area contributed by atoms with Crippen molar-refractivity contribution in [2.75, 3.05) is 0 Å². The summed E-state index contributed by atoms with van der Waals surface area (Å²) in [6.07, 6.45) is 1.51. The van der Waals surface area contributed by atoms with Gasteiger partial charge in [-0.1, -0.05) is 28.1 Å². The van der Waals surface area contributed by atoms with Crippen LogP contribution in [-0.2, 0) is 4.74 Å². The van der Waals surface area contributed by atoms with E-state index >= 15 is 0 Å². The van der Waals surface area contributed by atoms with Crippen molar-refractivity contribution in [2.45, 2.75) is 13.0 Å². The monoisotopic (exact) mass is 225 g/mol. The van der Waals surface area contributed by atoms with Crippen molar-refractivity contribution in [3.05, 3.63) is 34.3 Å². The second kappa shape index (κ2) is 4.13. The molecule has 0 heterocycles. The molecule has 1 rings (SSSR count). The molecule has 0 radical (unpaired) electrons. The van der Waals surface area contributed by atoms with Gasteiger partial charge in [-0.15, -0.1) is 0 Å². The third kappa shape index (κ3) is 2.24. The van der Waals surface area contributed by atoms with Crippen molar-refractivity contribution < 1.29 is 4.74 Å². The highest BCUT2D eigenvalue weighted by molar-refractivity contribution is 9.10. The molecule has 1 aromatic carbocycles. The average Bonchev–Trinajstić information content (AvgIpc) is 2.06. The molecule has 3 heteroatoms. The molecule has 0 saturated carbocycles. The second-order valence-corrected chi connectivity index (χ2v) is 3.32. The maximum Gasteiger partial charge on any atom is 0.286 e. The summed E-state index contributed by atoms with van der Waals surface area (Å²) >= 11 is 3.33. The first-order valence-electron chi connectivity index (χ1n) is 3.54. The molecule has 0 aromatic heterocycles. The highest BCUT2D eigenvalue weighted by Gasteiger charge is 2.04. The normalized spacial score (nSPS) is 11.8. The molecule has 12 heavy (non-hydrogen) atoms. The van der Waals surface area contributed by atoms with Crippen LogP contribution in [0.5, 0.6) is 0 Å². The van der Waals surface area contributed by atoms with Gasteiger partial charge >= 0.3 is 0 Å². The topological polar surface area (TPSA) is 33.0 Å². The Kier molecular flexibility index (Phi) is 3.12. The fourth-order valence-corrected chi connectivity index (χ4v) is 1.15. The SMILES string of the molecule is CC(OC#N)c1ccc(Br)cc1. The first-order valence-corrected chi connectivity index (χ1v) is 4.33. The summed E-state index contributed by atoms with van der Waals surface area (Å²) in [6.45, 7) is 1.84. The Bertz CT molecular complexity index is 288. The molecule has 1 aromatic rings. The van der Waals surface area contributed by atoms with Gasteiger partial charge in [0.1, 0.15) is 6.10 Å². The standard InChI is InChI=1S/C9H8BrNO/c1-7(12-6-11)8-2-4-9(10)5-3-8/h2-5,7H,1H3. The quantitative estimate of drug-likeness (QED) is 0.726. The molecule has 0 saturated heterocycles. The van der Waals surface area contributed by atoms with Crippen molar-refractivity contribution in [1.29, 1.82) is 5.26 Å². The second-order valence-electron chi connectivity index (χ2n) is 2.40. The smallest absolute Gasteiger partial charge is 0.286 e. The molecule has 0 amide bonds. The molecular weight excluding hydrogens is 218 g/mol. The van der Waals surface area contributed by atoms with Crippen LogP contribution in [0.15, 0.2) is 28.7 Å². The predicted octanol–water partition coefficient (Wildman–Crippen LogP) is 3.01. The van der Waals surface area contributed by atoms with Gasteiger partial charge in [-0.05, 0) is 24.6 Å². The van der Waals surface area contributed by atoms with Gasteiger partial charge < -0.3 is 4.74 Å². The van der Waals surface area contributed by atoms with Crippen LogP contribution in [0.2, 0.25) is 0 Å². The van der Waals surface area contributed by atoms with E-state index in [1.807, 2.05) is 31.2 Å². The maximum absolute atomic E-state index is 8.27. The Morgan fingerprint density at radius 2 is 2.00 bits per heavy atom. The van der Waals surface area contributed by atoms with Gasteiger partial charge in [-0.2, -0.15) is 5.26 Å². The molecule has 0 aliphatic rings. The number of benzene rings is 1. The third-order valence-electron chi connectivity index (χ3n) is 1.57. The van der Waals surface area contributed by atoms with Crippen molar-refractivity contribution >= 4 is 15.9 Å². The van der Waals surface area contributed by atoms with Gasteiger partial charge in [0.05, 0.1) is 0 Å². The van der Waals surface area contributed by atoms with Crippen LogP contribution >= 0.6 is 15.9 Å². The predicted molar refractivity (Wildman–Crippen MR) is 49.3 cm³/mol. The summed E-state index contributed by atoms with van der Waals surface area (Å²) in [5.74, 6) is 0. The molecule has 0 spiro atoms. The fraction of sp³-hybridized carbons (Fsp3) is 0.222. The minimum Gasteiger partial charge on any atom is -0.420 e. The summed E-state index contributed by atoms with van der Waals surface area (Å²) in [6, 6.07) is 7.69. The lowest BCUT2D eigenvalue weighted by molar-refractivity contribution is 0.182. The molecule has 0 aliphatic heterocycles. The van der Waals surface area contributed by atoms with Crippen LogP contribution in [0.3, 0.4) is 0 Å². The lowest BCUT2D eigenvalue weighted by atomic mass is 10.1. The fourth-order valence-electron chi connectivity index (χ4n) is 0.881. The Morgan fingerprint density at radius 1 is 1.42 bits per heavy atom. The summed E-state index contributed by atoms with van der Waals surface area (Å²) in [5, 5.41) is 8.27. The number of hydrogen-bond acceptors (Lipinski definition) is 2. The van der Waals surface area contributed by atoms with Crippen molar-refractivity contribution in [3.8, 4) is 6.26 Å². The molecule has 0 fully saturated rings. The Labute approximate surface area is 79.9 Å². The molecule has 0 N–H and O–H groups in total. The summed E-state index contributed by atoms with van der Waals surface area (Å²) < 4.78 is 5.78. The number of nitrogens with zero attached hydrogens (tertiary/aromatic N) is 1. The minimum atomic E-state index is -0.164. The Morgan fingerprint density at radius 3 is 2.50 bits per heavy atom. The number of nitriles is 1. The van der Waals surface area contributed by atoms with Gasteiger partial charge in [0.15, 0.2) is 0 Å². The lowest BCUT2D eigenvalue weighted by Gasteiger charge is -2.07. The number of hydrogen-bond donors (Lipinski definition) is 0. The maximum atomic E-state index is 8.27. The van der Waals surface area contributed by atoms with E-state index in [-0.39, 0.29) is 6.10 Å². The Hall–Kier alpha value is -1.01. The van der Waals surface area contributed by atoms with E-state index in [1.54, 1.807) is 6.26 Å². The molecule has 0 aliphatic carbocycles. The van der Waals surface area contributed by atoms with Crippen LogP contribution in [-0.4, -0.2) is 0 Å². The van der Waals surface area contributed by atoms with Gasteiger partial charge in [0.2, 0.25) is 0 Å². The van der Waals surface area contributed by atoms with E-state index in [0.717, 1.165) is 10.0 Å². The lowest BCUT2D eigenvalue weighted by Crippen LogP contribution is -1.94. The van der Waals surface area contributed by atoms with Gasteiger partial charge in [0.25, 0.3) is 6.26 Å². The zero-order valence-corrected chi connectivity index (χ0v) is 8.21.